The molecular formula is C24H26ClFN2O2S. The first-order chi connectivity index (χ1) is 14.8. The molecule has 0 amide bonds. The Morgan fingerprint density at radius 1 is 1.13 bits per heavy atom. The van der Waals surface area contributed by atoms with Gasteiger partial charge < -0.3 is 4.57 Å². The van der Waals surface area contributed by atoms with Gasteiger partial charge in [0.1, 0.15) is 5.82 Å². The summed E-state index contributed by atoms with van der Waals surface area (Å²) in [6.45, 7) is 5.11. The van der Waals surface area contributed by atoms with Crippen molar-refractivity contribution in [3.63, 3.8) is 0 Å². The van der Waals surface area contributed by atoms with Crippen molar-refractivity contribution in [3.05, 3.63) is 76.2 Å². The molecule has 0 N–H and O–H groups in total. The van der Waals surface area contributed by atoms with Crippen molar-refractivity contribution in [2.75, 3.05) is 18.8 Å². The Labute approximate surface area is 188 Å². The van der Waals surface area contributed by atoms with Gasteiger partial charge in [0, 0.05) is 45.8 Å². The lowest BCUT2D eigenvalue weighted by Gasteiger charge is -2.26. The fourth-order valence-electron chi connectivity index (χ4n) is 4.40. The number of rotatable bonds is 6. The van der Waals surface area contributed by atoms with Crippen LogP contribution in [0.2, 0.25) is 5.02 Å². The largest absolute Gasteiger partial charge is 0.340 e. The number of fused-ring (bicyclic) bond motifs is 1. The molecule has 0 bridgehead atoms. The Bertz CT molecular complexity index is 1240. The third-order valence-corrected chi connectivity index (χ3v) is 8.35. The van der Waals surface area contributed by atoms with E-state index in [1.165, 1.54) is 6.07 Å². The topological polar surface area (TPSA) is 42.3 Å². The molecule has 4 rings (SSSR count). The summed E-state index contributed by atoms with van der Waals surface area (Å²) in [4.78, 5) is 0. The van der Waals surface area contributed by atoms with Gasteiger partial charge >= 0.3 is 0 Å². The molecule has 4 nitrogen and oxygen atoms in total. The van der Waals surface area contributed by atoms with Gasteiger partial charge in [0.25, 0.3) is 0 Å². The predicted octanol–water partition coefficient (Wildman–Crippen LogP) is 5.62. The number of hydrogen-bond donors (Lipinski definition) is 0. The number of aromatic nitrogens is 1. The van der Waals surface area contributed by atoms with E-state index in [0.717, 1.165) is 27.7 Å². The van der Waals surface area contributed by atoms with Crippen LogP contribution in [0.4, 0.5) is 4.39 Å². The summed E-state index contributed by atoms with van der Waals surface area (Å²) in [7, 11) is -3.21. The number of hydrogen-bond acceptors (Lipinski definition) is 2. The lowest BCUT2D eigenvalue weighted by atomic mass is 9.97. The molecule has 2 heterocycles. The van der Waals surface area contributed by atoms with E-state index in [1.54, 1.807) is 16.4 Å². The fourth-order valence-corrected chi connectivity index (χ4v) is 6.07. The minimum atomic E-state index is -3.21. The zero-order valence-corrected chi connectivity index (χ0v) is 19.3. The van der Waals surface area contributed by atoms with Gasteiger partial charge in [-0.05, 0) is 43.5 Å². The van der Waals surface area contributed by atoms with Gasteiger partial charge in [-0.15, -0.1) is 0 Å². The Morgan fingerprint density at radius 3 is 2.58 bits per heavy atom. The summed E-state index contributed by atoms with van der Waals surface area (Å²) in [6.07, 6.45) is 3.28. The van der Waals surface area contributed by atoms with Crippen LogP contribution in [-0.4, -0.2) is 36.1 Å². The molecule has 0 unspecified atom stereocenters. The first kappa shape index (κ1) is 22.1. The van der Waals surface area contributed by atoms with Crippen LogP contribution in [0.25, 0.3) is 16.5 Å². The minimum Gasteiger partial charge on any atom is -0.340 e. The maximum Gasteiger partial charge on any atom is 0.214 e. The van der Waals surface area contributed by atoms with E-state index in [-0.39, 0.29) is 11.6 Å². The van der Waals surface area contributed by atoms with Crippen molar-refractivity contribution >= 4 is 38.1 Å². The van der Waals surface area contributed by atoms with Crippen LogP contribution < -0.4 is 0 Å². The van der Waals surface area contributed by atoms with Gasteiger partial charge in [0.2, 0.25) is 10.0 Å². The fraction of sp³-hybridized carbons (Fsp3) is 0.333. The molecular weight excluding hydrogens is 435 g/mol. The molecule has 0 atom stereocenters. The summed E-state index contributed by atoms with van der Waals surface area (Å²) in [5.74, 6) is -0.141. The summed E-state index contributed by atoms with van der Waals surface area (Å²) in [6, 6.07) is 12.8. The van der Waals surface area contributed by atoms with Crippen molar-refractivity contribution < 1.29 is 12.8 Å². The SMILES string of the molecule is CCCS(=O)(=O)N1CC=C(c2c(C)n(Cc3c(F)cccc3Cl)c3ccccc23)CC1. The highest BCUT2D eigenvalue weighted by molar-refractivity contribution is 7.89. The smallest absolute Gasteiger partial charge is 0.214 e. The Hall–Kier alpha value is -2.15. The Balaban J connectivity index is 1.75. The second-order valence-corrected chi connectivity index (χ2v) is 10.4. The zero-order chi connectivity index (χ0) is 22.2. The number of benzene rings is 2. The van der Waals surface area contributed by atoms with E-state index in [0.29, 0.717) is 43.1 Å². The maximum atomic E-state index is 14.5. The highest BCUT2D eigenvalue weighted by atomic mass is 35.5. The van der Waals surface area contributed by atoms with E-state index in [2.05, 4.69) is 10.6 Å². The lowest BCUT2D eigenvalue weighted by molar-refractivity contribution is 0.440. The molecule has 1 aliphatic rings. The molecule has 0 aliphatic carbocycles. The Kier molecular flexibility index (Phi) is 6.24. The quantitative estimate of drug-likeness (QED) is 0.479. The third kappa shape index (κ3) is 4.16. The molecule has 7 heteroatoms. The predicted molar refractivity (Wildman–Crippen MR) is 125 cm³/mol. The summed E-state index contributed by atoms with van der Waals surface area (Å²) in [5.41, 5.74) is 4.74. The average molecular weight is 461 g/mol. The summed E-state index contributed by atoms with van der Waals surface area (Å²) >= 11 is 6.30. The van der Waals surface area contributed by atoms with Crippen molar-refractivity contribution in [1.82, 2.24) is 8.87 Å². The molecule has 0 spiro atoms. The minimum absolute atomic E-state index is 0.178. The Morgan fingerprint density at radius 2 is 1.90 bits per heavy atom. The zero-order valence-electron chi connectivity index (χ0n) is 17.7. The van der Waals surface area contributed by atoms with Gasteiger partial charge in [-0.25, -0.2) is 12.8 Å². The first-order valence-electron chi connectivity index (χ1n) is 10.5. The second kappa shape index (κ2) is 8.77. The van der Waals surface area contributed by atoms with Gasteiger partial charge in [0.15, 0.2) is 0 Å². The number of halogens is 2. The highest BCUT2D eigenvalue weighted by Gasteiger charge is 2.26. The van der Waals surface area contributed by atoms with Crippen LogP contribution in [-0.2, 0) is 16.6 Å². The molecule has 31 heavy (non-hydrogen) atoms. The lowest BCUT2D eigenvalue weighted by Crippen LogP contribution is -2.36. The molecule has 1 aliphatic heterocycles. The monoisotopic (exact) mass is 460 g/mol. The molecule has 164 valence electrons. The van der Waals surface area contributed by atoms with Gasteiger partial charge in [-0.3, -0.25) is 0 Å². The number of nitrogens with zero attached hydrogens (tertiary/aromatic N) is 2. The van der Waals surface area contributed by atoms with Gasteiger partial charge in [-0.2, -0.15) is 4.31 Å². The first-order valence-corrected chi connectivity index (χ1v) is 12.5. The highest BCUT2D eigenvalue weighted by Crippen LogP contribution is 2.36. The maximum absolute atomic E-state index is 14.5. The van der Waals surface area contributed by atoms with Crippen LogP contribution in [0.15, 0.2) is 48.5 Å². The van der Waals surface area contributed by atoms with E-state index in [1.807, 2.05) is 38.1 Å². The number of para-hydroxylation sites is 1. The summed E-state index contributed by atoms with van der Waals surface area (Å²) in [5, 5.41) is 1.50. The second-order valence-electron chi connectivity index (χ2n) is 7.92. The normalized spacial score (nSPS) is 15.4. The van der Waals surface area contributed by atoms with E-state index < -0.39 is 10.0 Å². The molecule has 0 saturated heterocycles. The van der Waals surface area contributed by atoms with Crippen LogP contribution in [0, 0.1) is 12.7 Å². The molecule has 2 aromatic carbocycles. The molecule has 0 saturated carbocycles. The van der Waals surface area contributed by atoms with E-state index in [4.69, 9.17) is 11.6 Å². The van der Waals surface area contributed by atoms with Crippen LogP contribution >= 0.6 is 11.6 Å². The van der Waals surface area contributed by atoms with Crippen molar-refractivity contribution in [1.29, 1.82) is 0 Å². The van der Waals surface area contributed by atoms with Crippen LogP contribution in [0.3, 0.4) is 0 Å². The van der Waals surface area contributed by atoms with Crippen molar-refractivity contribution in [2.24, 2.45) is 0 Å². The van der Waals surface area contributed by atoms with Crippen molar-refractivity contribution in [3.8, 4) is 0 Å². The van der Waals surface area contributed by atoms with Crippen molar-refractivity contribution in [2.45, 2.75) is 33.2 Å². The van der Waals surface area contributed by atoms with Gasteiger partial charge in [0.05, 0.1) is 12.3 Å². The average Bonchev–Trinajstić information content (AvgIpc) is 3.02. The van der Waals surface area contributed by atoms with E-state index in [9.17, 15) is 12.8 Å². The third-order valence-electron chi connectivity index (χ3n) is 5.96. The van der Waals surface area contributed by atoms with Crippen LogP contribution in [0.5, 0.6) is 0 Å². The van der Waals surface area contributed by atoms with Crippen LogP contribution in [0.1, 0.15) is 36.6 Å². The molecule has 1 aromatic heterocycles. The molecule has 0 radical (unpaired) electrons. The summed E-state index contributed by atoms with van der Waals surface area (Å²) < 4.78 is 43.0. The molecule has 3 aromatic rings. The van der Waals surface area contributed by atoms with E-state index >= 15 is 0 Å². The number of sulfonamides is 1. The molecule has 0 fully saturated rings. The van der Waals surface area contributed by atoms with Gasteiger partial charge in [-0.1, -0.05) is 48.9 Å². The standard InChI is InChI=1S/C24H26ClFN2O2S/c1-3-15-31(29,30)27-13-11-18(12-14-27)24-17(2)28(23-10-5-4-7-19(23)24)16-20-21(25)8-6-9-22(20)26/h4-11H,3,12-16H2,1-2H3.